The van der Waals surface area contributed by atoms with Crippen LogP contribution in [0.15, 0.2) is 0 Å². The summed E-state index contributed by atoms with van der Waals surface area (Å²) in [5.74, 6) is -0.624. The number of Topliss-reactive ketones (excluding diaryl/α,β-unsaturated/α-hetero) is 1. The average molecular weight is 282 g/mol. The van der Waals surface area contributed by atoms with Gasteiger partial charge in [0, 0.05) is 11.8 Å². The van der Waals surface area contributed by atoms with Crippen LogP contribution in [0.2, 0.25) is 0 Å². The molecule has 112 valence electrons. The van der Waals surface area contributed by atoms with E-state index >= 15 is 0 Å². The molecule has 1 heterocycles. The van der Waals surface area contributed by atoms with Crippen LogP contribution in [-0.4, -0.2) is 39.8 Å². The van der Waals surface area contributed by atoms with Gasteiger partial charge in [-0.3, -0.25) is 9.59 Å². The Labute approximate surface area is 118 Å². The maximum absolute atomic E-state index is 12.5. The molecule has 20 heavy (non-hydrogen) atoms. The molecule has 3 fully saturated rings. The molecule has 2 aliphatic carbocycles. The van der Waals surface area contributed by atoms with Gasteiger partial charge in [-0.25, -0.2) is 0 Å². The molecule has 2 bridgehead atoms. The zero-order valence-electron chi connectivity index (χ0n) is 12.2. The first-order chi connectivity index (χ1) is 9.11. The van der Waals surface area contributed by atoms with Gasteiger partial charge in [0.05, 0.1) is 17.4 Å². The molecule has 1 aliphatic heterocycles. The van der Waals surface area contributed by atoms with E-state index < -0.39 is 22.0 Å². The molecule has 5 heteroatoms. The zero-order valence-corrected chi connectivity index (χ0v) is 12.2. The van der Waals surface area contributed by atoms with Crippen molar-refractivity contribution in [1.29, 1.82) is 0 Å². The summed E-state index contributed by atoms with van der Waals surface area (Å²) in [5.41, 5.74) is -4.89. The van der Waals surface area contributed by atoms with Crippen molar-refractivity contribution < 1.29 is 24.5 Å². The number of esters is 1. The number of carbonyl (C=O) groups is 2. The summed E-state index contributed by atoms with van der Waals surface area (Å²) >= 11 is 0. The molecule has 5 unspecified atom stereocenters. The van der Waals surface area contributed by atoms with E-state index in [-0.39, 0.29) is 37.1 Å². The molecule has 5 nitrogen and oxygen atoms in total. The van der Waals surface area contributed by atoms with E-state index in [2.05, 4.69) is 0 Å². The van der Waals surface area contributed by atoms with Gasteiger partial charge in [0.1, 0.15) is 12.2 Å². The fraction of sp³-hybridized carbons (Fsp3) is 0.867. The predicted octanol–water partition coefficient (Wildman–Crippen LogP) is 0.811. The third kappa shape index (κ3) is 1.22. The van der Waals surface area contributed by atoms with E-state index in [9.17, 15) is 19.8 Å². The normalized spacial score (nSPS) is 55.1. The SMILES string of the molecule is CC1CCC2(O)C13CC(=O)OCC2(C)C(C)(O)C(=O)C3. The topological polar surface area (TPSA) is 83.8 Å². The molecule has 2 saturated carbocycles. The maximum Gasteiger partial charge on any atom is 0.306 e. The van der Waals surface area contributed by atoms with Gasteiger partial charge >= 0.3 is 5.97 Å². The predicted molar refractivity (Wildman–Crippen MR) is 69.7 cm³/mol. The number of aliphatic hydroxyl groups is 2. The van der Waals surface area contributed by atoms with Crippen molar-refractivity contribution in [3.63, 3.8) is 0 Å². The number of carbonyl (C=O) groups excluding carboxylic acids is 2. The van der Waals surface area contributed by atoms with Gasteiger partial charge in [-0.2, -0.15) is 0 Å². The van der Waals surface area contributed by atoms with E-state index in [0.29, 0.717) is 6.42 Å². The molecule has 0 spiro atoms. The van der Waals surface area contributed by atoms with Crippen LogP contribution in [0.1, 0.15) is 46.5 Å². The second-order valence-corrected chi connectivity index (χ2v) is 7.30. The number of hydrogen-bond donors (Lipinski definition) is 2. The van der Waals surface area contributed by atoms with E-state index in [1.54, 1.807) is 6.92 Å². The van der Waals surface area contributed by atoms with Gasteiger partial charge < -0.3 is 14.9 Å². The van der Waals surface area contributed by atoms with Crippen molar-refractivity contribution in [2.45, 2.75) is 57.7 Å². The molecule has 3 rings (SSSR count). The monoisotopic (exact) mass is 282 g/mol. The molecule has 1 saturated heterocycles. The van der Waals surface area contributed by atoms with Gasteiger partial charge in [-0.15, -0.1) is 0 Å². The molecule has 0 radical (unpaired) electrons. The van der Waals surface area contributed by atoms with Crippen LogP contribution >= 0.6 is 0 Å². The largest absolute Gasteiger partial charge is 0.465 e. The minimum Gasteiger partial charge on any atom is -0.465 e. The van der Waals surface area contributed by atoms with Crippen molar-refractivity contribution in [2.75, 3.05) is 6.61 Å². The number of hydrogen-bond acceptors (Lipinski definition) is 5. The van der Waals surface area contributed by atoms with Gasteiger partial charge in [-0.05, 0) is 25.7 Å². The summed E-state index contributed by atoms with van der Waals surface area (Å²) in [6, 6.07) is 0. The highest BCUT2D eigenvalue weighted by Crippen LogP contribution is 2.68. The molecule has 0 aromatic carbocycles. The Kier molecular flexibility index (Phi) is 2.54. The molecule has 0 aromatic heterocycles. The Morgan fingerprint density at radius 3 is 2.50 bits per heavy atom. The van der Waals surface area contributed by atoms with Crippen molar-refractivity contribution in [2.24, 2.45) is 16.7 Å². The first-order valence-electron chi connectivity index (χ1n) is 7.24. The van der Waals surface area contributed by atoms with Crippen molar-refractivity contribution in [3.8, 4) is 0 Å². The number of ketones is 1. The second-order valence-electron chi connectivity index (χ2n) is 7.30. The minimum absolute atomic E-state index is 0.0440. The lowest BCUT2D eigenvalue weighted by Crippen LogP contribution is -2.73. The van der Waals surface area contributed by atoms with Crippen molar-refractivity contribution in [1.82, 2.24) is 0 Å². The lowest BCUT2D eigenvalue weighted by Gasteiger charge is -2.60. The molecule has 2 N–H and O–H groups in total. The Bertz CT molecular complexity index is 498. The summed E-state index contributed by atoms with van der Waals surface area (Å²) in [5, 5.41) is 22.1. The Morgan fingerprint density at radius 2 is 1.85 bits per heavy atom. The van der Waals surface area contributed by atoms with Crippen LogP contribution in [0.3, 0.4) is 0 Å². The fourth-order valence-corrected chi connectivity index (χ4v) is 4.85. The number of ether oxygens (including phenoxy) is 1. The number of cyclic esters (lactones) is 1. The summed E-state index contributed by atoms with van der Waals surface area (Å²) in [6.07, 6.45) is 1.35. The van der Waals surface area contributed by atoms with Crippen LogP contribution in [0.4, 0.5) is 0 Å². The lowest BCUT2D eigenvalue weighted by atomic mass is 9.46. The Hall–Kier alpha value is -0.940. The highest BCUT2D eigenvalue weighted by molar-refractivity contribution is 5.91. The van der Waals surface area contributed by atoms with Gasteiger partial charge in [0.25, 0.3) is 0 Å². The summed E-state index contributed by atoms with van der Waals surface area (Å²) in [4.78, 5) is 24.5. The summed E-state index contributed by atoms with van der Waals surface area (Å²) in [7, 11) is 0. The molecular weight excluding hydrogens is 260 g/mol. The van der Waals surface area contributed by atoms with Crippen LogP contribution in [-0.2, 0) is 14.3 Å². The Balaban J connectivity index is 2.28. The first kappa shape index (κ1) is 14.0. The smallest absolute Gasteiger partial charge is 0.306 e. The van der Waals surface area contributed by atoms with E-state index in [0.717, 1.165) is 6.42 Å². The molecule has 0 amide bonds. The zero-order chi connectivity index (χ0) is 15.0. The minimum atomic E-state index is -1.68. The summed E-state index contributed by atoms with van der Waals surface area (Å²) in [6.45, 7) is 4.98. The number of rotatable bonds is 0. The molecule has 3 aliphatic rings. The maximum atomic E-state index is 12.5. The standard InChI is InChI=1S/C15H22O5/c1-9-4-5-15(19)12(2)8-20-11(17)7-14(9,15)6-10(16)13(12,3)18/h9,18-19H,4-8H2,1-3H3. The molecule has 0 aromatic rings. The van der Waals surface area contributed by atoms with Gasteiger partial charge in [0.2, 0.25) is 0 Å². The first-order valence-corrected chi connectivity index (χ1v) is 7.24. The second kappa shape index (κ2) is 3.63. The van der Waals surface area contributed by atoms with Crippen LogP contribution < -0.4 is 0 Å². The van der Waals surface area contributed by atoms with E-state index in [1.807, 2.05) is 6.92 Å². The summed E-state index contributed by atoms with van der Waals surface area (Å²) < 4.78 is 5.24. The third-order valence-electron chi connectivity index (χ3n) is 6.69. The molecular formula is C15H22O5. The van der Waals surface area contributed by atoms with Crippen molar-refractivity contribution in [3.05, 3.63) is 0 Å². The van der Waals surface area contributed by atoms with Crippen molar-refractivity contribution >= 4 is 11.8 Å². The van der Waals surface area contributed by atoms with E-state index in [4.69, 9.17) is 4.74 Å². The lowest BCUT2D eigenvalue weighted by molar-refractivity contribution is -0.249. The van der Waals surface area contributed by atoms with Crippen LogP contribution in [0.25, 0.3) is 0 Å². The molecule has 5 atom stereocenters. The average Bonchev–Trinajstić information content (AvgIpc) is 2.57. The van der Waals surface area contributed by atoms with E-state index in [1.165, 1.54) is 6.92 Å². The third-order valence-corrected chi connectivity index (χ3v) is 6.69. The van der Waals surface area contributed by atoms with Crippen LogP contribution in [0, 0.1) is 16.7 Å². The van der Waals surface area contributed by atoms with Gasteiger partial charge in [-0.1, -0.05) is 13.8 Å². The highest BCUT2D eigenvalue weighted by Gasteiger charge is 2.77. The van der Waals surface area contributed by atoms with Gasteiger partial charge in [0.15, 0.2) is 5.78 Å². The quantitative estimate of drug-likeness (QED) is 0.642. The Morgan fingerprint density at radius 1 is 1.20 bits per heavy atom. The van der Waals surface area contributed by atoms with Crippen LogP contribution in [0.5, 0.6) is 0 Å². The fourth-order valence-electron chi connectivity index (χ4n) is 4.85. The highest BCUT2D eigenvalue weighted by atomic mass is 16.5.